The van der Waals surface area contributed by atoms with Gasteiger partial charge in [-0.05, 0) is 18.9 Å². The van der Waals surface area contributed by atoms with Crippen LogP contribution in [0.25, 0.3) is 0 Å². The highest BCUT2D eigenvalue weighted by molar-refractivity contribution is 7.88. The molecule has 1 aromatic rings. The van der Waals surface area contributed by atoms with Gasteiger partial charge in [0.2, 0.25) is 10.0 Å². The van der Waals surface area contributed by atoms with E-state index in [1.54, 1.807) is 4.31 Å². The molecule has 0 aliphatic carbocycles. The second-order valence-corrected chi connectivity index (χ2v) is 7.73. The lowest BCUT2D eigenvalue weighted by Gasteiger charge is -2.34. The lowest BCUT2D eigenvalue weighted by molar-refractivity contribution is -0.927. The maximum Gasteiger partial charge on any atom is 0.211 e. The number of hydrogen-bond donors (Lipinski definition) is 1. The minimum absolute atomic E-state index is 0.580. The lowest BCUT2D eigenvalue weighted by Crippen LogP contribution is -3.18. The lowest BCUT2D eigenvalue weighted by atomic mass is 10.0. The maximum atomic E-state index is 11.5. The summed E-state index contributed by atoms with van der Waals surface area (Å²) in [6.45, 7) is 5.42. The summed E-state index contributed by atoms with van der Waals surface area (Å²) in [7, 11) is -3.01. The van der Waals surface area contributed by atoms with Crippen molar-refractivity contribution in [1.29, 1.82) is 0 Å². The van der Waals surface area contributed by atoms with Crippen LogP contribution in [0.1, 0.15) is 18.9 Å². The summed E-state index contributed by atoms with van der Waals surface area (Å²) < 4.78 is 24.6. The van der Waals surface area contributed by atoms with Gasteiger partial charge in [0.05, 0.1) is 38.5 Å². The summed E-state index contributed by atoms with van der Waals surface area (Å²) in [4.78, 5) is 1.53. The Labute approximate surface area is 122 Å². The van der Waals surface area contributed by atoms with Gasteiger partial charge in [0, 0.05) is 6.42 Å². The molecule has 1 aliphatic heterocycles. The molecular weight excluding hydrogens is 272 g/mol. The van der Waals surface area contributed by atoms with Gasteiger partial charge in [-0.1, -0.05) is 30.3 Å². The topological polar surface area (TPSA) is 41.8 Å². The predicted molar refractivity (Wildman–Crippen MR) is 81.3 cm³/mol. The molecule has 0 bridgehead atoms. The first-order chi connectivity index (χ1) is 9.47. The molecule has 0 saturated carbocycles. The Morgan fingerprint density at radius 1 is 1.20 bits per heavy atom. The van der Waals surface area contributed by atoms with Crippen molar-refractivity contribution in [3.63, 3.8) is 0 Å². The Morgan fingerprint density at radius 3 is 2.35 bits per heavy atom. The quantitative estimate of drug-likeness (QED) is 0.842. The normalized spacial score (nSPS) is 19.9. The average molecular weight is 297 g/mol. The molecule has 20 heavy (non-hydrogen) atoms. The zero-order chi connectivity index (χ0) is 14.6. The van der Waals surface area contributed by atoms with Gasteiger partial charge in [-0.25, -0.2) is 8.42 Å². The van der Waals surface area contributed by atoms with Crippen molar-refractivity contribution in [2.75, 3.05) is 32.4 Å². The van der Waals surface area contributed by atoms with Gasteiger partial charge in [-0.3, -0.25) is 0 Å². The number of sulfonamides is 1. The molecule has 4 nitrogen and oxygen atoms in total. The van der Waals surface area contributed by atoms with E-state index < -0.39 is 10.0 Å². The first kappa shape index (κ1) is 15.5. The molecule has 1 saturated heterocycles. The molecule has 1 aliphatic rings. The third-order valence-corrected chi connectivity index (χ3v) is 5.54. The van der Waals surface area contributed by atoms with Crippen molar-refractivity contribution >= 4 is 10.0 Å². The first-order valence-electron chi connectivity index (χ1n) is 7.30. The molecule has 0 aromatic heterocycles. The molecule has 0 radical (unpaired) electrons. The summed E-state index contributed by atoms with van der Waals surface area (Å²) in [5, 5.41) is 0. The van der Waals surface area contributed by atoms with E-state index >= 15 is 0 Å². The van der Waals surface area contributed by atoms with Crippen LogP contribution in [-0.2, 0) is 16.4 Å². The zero-order valence-electron chi connectivity index (χ0n) is 12.4. The molecule has 0 amide bonds. The Kier molecular flexibility index (Phi) is 5.18. The van der Waals surface area contributed by atoms with Crippen molar-refractivity contribution in [3.05, 3.63) is 35.9 Å². The average Bonchev–Trinajstić information content (AvgIpc) is 2.45. The highest BCUT2D eigenvalue weighted by Gasteiger charge is 2.28. The van der Waals surface area contributed by atoms with Gasteiger partial charge in [-0.15, -0.1) is 0 Å². The minimum atomic E-state index is -3.01. The van der Waals surface area contributed by atoms with Crippen molar-refractivity contribution in [2.45, 2.75) is 25.8 Å². The van der Waals surface area contributed by atoms with E-state index in [0.717, 1.165) is 25.9 Å². The Morgan fingerprint density at radius 2 is 1.80 bits per heavy atom. The Bertz CT molecular complexity index is 508. The molecule has 1 fully saturated rings. The number of nitrogens with zero attached hydrogens (tertiary/aromatic N) is 1. The molecular formula is C15H25N2O2S+. The minimum Gasteiger partial charge on any atom is -0.331 e. The largest absolute Gasteiger partial charge is 0.331 e. The van der Waals surface area contributed by atoms with Gasteiger partial charge in [0.1, 0.15) is 0 Å². The van der Waals surface area contributed by atoms with Gasteiger partial charge >= 0.3 is 0 Å². The van der Waals surface area contributed by atoms with E-state index in [1.807, 2.05) is 6.07 Å². The van der Waals surface area contributed by atoms with Crippen molar-refractivity contribution in [3.8, 4) is 0 Å². The van der Waals surface area contributed by atoms with Crippen LogP contribution in [0.2, 0.25) is 0 Å². The summed E-state index contributed by atoms with van der Waals surface area (Å²) >= 11 is 0. The van der Waals surface area contributed by atoms with E-state index in [0.29, 0.717) is 19.1 Å². The molecule has 1 N–H and O–H groups in total. The van der Waals surface area contributed by atoms with Crippen LogP contribution in [0.3, 0.4) is 0 Å². The molecule has 5 heteroatoms. The van der Waals surface area contributed by atoms with Crippen molar-refractivity contribution in [1.82, 2.24) is 4.31 Å². The second kappa shape index (κ2) is 6.70. The van der Waals surface area contributed by atoms with Crippen molar-refractivity contribution < 1.29 is 13.3 Å². The number of aryl methyl sites for hydroxylation is 1. The monoisotopic (exact) mass is 297 g/mol. The van der Waals surface area contributed by atoms with Crippen LogP contribution in [0, 0.1) is 0 Å². The van der Waals surface area contributed by atoms with Crippen LogP contribution < -0.4 is 4.90 Å². The third-order valence-electron chi connectivity index (χ3n) is 4.24. The van der Waals surface area contributed by atoms with E-state index in [2.05, 4.69) is 31.2 Å². The molecule has 1 heterocycles. The molecule has 2 rings (SSSR count). The number of quaternary nitrogens is 1. The number of hydrogen-bond acceptors (Lipinski definition) is 2. The van der Waals surface area contributed by atoms with Gasteiger partial charge in [-0.2, -0.15) is 4.31 Å². The summed E-state index contributed by atoms with van der Waals surface area (Å²) in [6.07, 6.45) is 3.55. The van der Waals surface area contributed by atoms with Crippen LogP contribution in [0.5, 0.6) is 0 Å². The highest BCUT2D eigenvalue weighted by atomic mass is 32.2. The molecule has 0 spiro atoms. The summed E-state index contributed by atoms with van der Waals surface area (Å²) in [5.74, 6) is 0. The molecule has 1 aromatic carbocycles. The van der Waals surface area contributed by atoms with Crippen LogP contribution in [0.4, 0.5) is 0 Å². The van der Waals surface area contributed by atoms with E-state index in [1.165, 1.54) is 16.7 Å². The number of rotatable bonds is 5. The van der Waals surface area contributed by atoms with Gasteiger partial charge < -0.3 is 4.90 Å². The first-order valence-corrected chi connectivity index (χ1v) is 9.15. The Balaban J connectivity index is 1.79. The summed E-state index contributed by atoms with van der Waals surface area (Å²) in [5.41, 5.74) is 1.38. The van der Waals surface area contributed by atoms with Gasteiger partial charge in [0.15, 0.2) is 0 Å². The fourth-order valence-corrected chi connectivity index (χ4v) is 3.68. The van der Waals surface area contributed by atoms with Crippen molar-refractivity contribution in [2.24, 2.45) is 0 Å². The fraction of sp³-hybridized carbons (Fsp3) is 0.600. The SMILES string of the molecule is C[C@@H](CCc1ccccc1)[NH+]1CCN(S(C)(=O)=O)CC1. The second-order valence-electron chi connectivity index (χ2n) is 5.75. The smallest absolute Gasteiger partial charge is 0.211 e. The molecule has 1 atom stereocenters. The molecule has 112 valence electrons. The van der Waals surface area contributed by atoms with E-state index in [-0.39, 0.29) is 0 Å². The van der Waals surface area contributed by atoms with E-state index in [9.17, 15) is 8.42 Å². The van der Waals surface area contributed by atoms with Crippen LogP contribution in [-0.4, -0.2) is 51.2 Å². The molecule has 0 unspecified atom stereocenters. The number of nitrogens with one attached hydrogen (secondary N) is 1. The van der Waals surface area contributed by atoms with Crippen LogP contribution in [0.15, 0.2) is 30.3 Å². The fourth-order valence-electron chi connectivity index (χ4n) is 2.83. The Hall–Kier alpha value is -0.910. The zero-order valence-corrected chi connectivity index (χ0v) is 13.2. The maximum absolute atomic E-state index is 11.5. The predicted octanol–water partition coefficient (Wildman–Crippen LogP) is 0.168. The third kappa shape index (κ3) is 4.30. The standard InChI is InChI=1S/C15H24N2O2S/c1-14(8-9-15-6-4-3-5-7-15)16-10-12-17(13-11-16)20(2,18)19/h3-7,14H,8-13H2,1-2H3/p+1/t14-/m0/s1. The van der Waals surface area contributed by atoms with E-state index in [4.69, 9.17) is 0 Å². The van der Waals surface area contributed by atoms with Crippen LogP contribution >= 0.6 is 0 Å². The number of piperazine rings is 1. The van der Waals surface area contributed by atoms with Gasteiger partial charge in [0.25, 0.3) is 0 Å². The highest BCUT2D eigenvalue weighted by Crippen LogP contribution is 2.04. The number of benzene rings is 1. The summed E-state index contributed by atoms with van der Waals surface area (Å²) in [6, 6.07) is 11.1.